The number of carbonyl (C=O) groups excluding carboxylic acids is 1. The van der Waals surface area contributed by atoms with Gasteiger partial charge in [-0.2, -0.15) is 0 Å². The molecule has 1 saturated carbocycles. The van der Waals surface area contributed by atoms with E-state index in [1.165, 1.54) is 18.4 Å². The predicted molar refractivity (Wildman–Crippen MR) is 70.9 cm³/mol. The Morgan fingerprint density at radius 1 is 1.24 bits per heavy atom. The van der Waals surface area contributed by atoms with Gasteiger partial charge in [0, 0.05) is 12.3 Å². The second kappa shape index (κ2) is 6.00. The maximum absolute atomic E-state index is 12.0. The van der Waals surface area contributed by atoms with Gasteiger partial charge in [0.25, 0.3) is 0 Å². The highest BCUT2D eigenvalue weighted by Gasteiger charge is 2.23. The van der Waals surface area contributed by atoms with E-state index >= 15 is 0 Å². The van der Waals surface area contributed by atoms with Crippen molar-refractivity contribution in [3.05, 3.63) is 35.9 Å². The van der Waals surface area contributed by atoms with Crippen LogP contribution in [0.4, 0.5) is 0 Å². The summed E-state index contributed by atoms with van der Waals surface area (Å²) in [6, 6.07) is 10.5. The Balaban J connectivity index is 1.80. The van der Waals surface area contributed by atoms with Crippen LogP contribution < -0.4 is 0 Å². The minimum Gasteiger partial charge on any atom is -0.299 e. The van der Waals surface area contributed by atoms with E-state index in [2.05, 4.69) is 31.2 Å². The number of benzene rings is 1. The molecule has 1 atom stereocenters. The maximum Gasteiger partial charge on any atom is 0.136 e. The molecule has 0 radical (unpaired) electrons. The molecule has 2 rings (SSSR count). The summed E-state index contributed by atoms with van der Waals surface area (Å²) in [5.41, 5.74) is 1.35. The third-order valence-electron chi connectivity index (χ3n) is 3.79. The van der Waals surface area contributed by atoms with E-state index < -0.39 is 0 Å². The summed E-state index contributed by atoms with van der Waals surface area (Å²) >= 11 is 0. The predicted octanol–water partition coefficient (Wildman–Crippen LogP) is 4.01. The summed E-state index contributed by atoms with van der Waals surface area (Å²) in [5, 5.41) is 0. The lowest BCUT2D eigenvalue weighted by molar-refractivity contribution is -0.123. The summed E-state index contributed by atoms with van der Waals surface area (Å²) in [6.45, 7) is 2.19. The molecule has 1 heteroatoms. The lowest BCUT2D eigenvalue weighted by Gasteiger charge is -2.13. The molecule has 0 spiro atoms. The highest BCUT2D eigenvalue weighted by Crippen LogP contribution is 2.28. The quantitative estimate of drug-likeness (QED) is 0.746. The standard InChI is InChI=1S/C16H22O/c1-13(11-14-7-3-2-4-8-14)12-16(17)15-9-5-6-10-15/h2-4,7-8,13,15H,5-6,9-12H2,1H3/t13-/m1/s1. The zero-order chi connectivity index (χ0) is 12.1. The van der Waals surface area contributed by atoms with Crippen molar-refractivity contribution in [3.63, 3.8) is 0 Å². The molecule has 92 valence electrons. The molecule has 0 saturated heterocycles. The normalized spacial score (nSPS) is 18.2. The van der Waals surface area contributed by atoms with Crippen molar-refractivity contribution >= 4 is 5.78 Å². The Morgan fingerprint density at radius 3 is 2.53 bits per heavy atom. The van der Waals surface area contributed by atoms with E-state index in [-0.39, 0.29) is 0 Å². The van der Waals surface area contributed by atoms with Gasteiger partial charge in [0.1, 0.15) is 5.78 Å². The van der Waals surface area contributed by atoms with E-state index in [4.69, 9.17) is 0 Å². The smallest absolute Gasteiger partial charge is 0.136 e. The highest BCUT2D eigenvalue weighted by molar-refractivity contribution is 5.81. The monoisotopic (exact) mass is 230 g/mol. The first kappa shape index (κ1) is 12.3. The van der Waals surface area contributed by atoms with Crippen LogP contribution >= 0.6 is 0 Å². The van der Waals surface area contributed by atoms with Gasteiger partial charge in [-0.3, -0.25) is 4.79 Å². The molecule has 1 aliphatic rings. The highest BCUT2D eigenvalue weighted by atomic mass is 16.1. The van der Waals surface area contributed by atoms with Crippen LogP contribution in [-0.2, 0) is 11.2 Å². The maximum atomic E-state index is 12.0. The third-order valence-corrected chi connectivity index (χ3v) is 3.79. The van der Waals surface area contributed by atoms with Gasteiger partial charge in [0.15, 0.2) is 0 Å². The molecule has 0 N–H and O–H groups in total. The van der Waals surface area contributed by atoms with Gasteiger partial charge in [-0.1, -0.05) is 50.1 Å². The first-order chi connectivity index (χ1) is 8.25. The molecular formula is C16H22O. The molecule has 0 bridgehead atoms. The molecule has 0 heterocycles. The van der Waals surface area contributed by atoms with Crippen LogP contribution in [0.3, 0.4) is 0 Å². The van der Waals surface area contributed by atoms with Crippen molar-refractivity contribution in [1.82, 2.24) is 0 Å². The van der Waals surface area contributed by atoms with Crippen LogP contribution in [0.15, 0.2) is 30.3 Å². The molecule has 1 aromatic rings. The molecular weight excluding hydrogens is 208 g/mol. The Hall–Kier alpha value is -1.11. The van der Waals surface area contributed by atoms with E-state index in [1.807, 2.05) is 6.07 Å². The minimum atomic E-state index is 0.383. The molecule has 0 amide bonds. The summed E-state index contributed by atoms with van der Waals surface area (Å²) in [7, 11) is 0. The number of hydrogen-bond donors (Lipinski definition) is 0. The summed E-state index contributed by atoms with van der Waals surface area (Å²) in [5.74, 6) is 1.37. The lowest BCUT2D eigenvalue weighted by atomic mass is 9.90. The van der Waals surface area contributed by atoms with Gasteiger partial charge in [-0.05, 0) is 30.7 Å². The fourth-order valence-corrected chi connectivity index (χ4v) is 2.85. The summed E-state index contributed by atoms with van der Waals surface area (Å²) in [4.78, 5) is 12.0. The van der Waals surface area contributed by atoms with Crippen LogP contribution in [-0.4, -0.2) is 5.78 Å². The van der Waals surface area contributed by atoms with Crippen LogP contribution in [0.25, 0.3) is 0 Å². The van der Waals surface area contributed by atoms with Crippen molar-refractivity contribution < 1.29 is 4.79 Å². The second-order valence-corrected chi connectivity index (χ2v) is 5.45. The van der Waals surface area contributed by atoms with Crippen molar-refractivity contribution in [1.29, 1.82) is 0 Å². The average Bonchev–Trinajstić information content (AvgIpc) is 2.83. The molecule has 0 aromatic heterocycles. The van der Waals surface area contributed by atoms with Gasteiger partial charge < -0.3 is 0 Å². The topological polar surface area (TPSA) is 17.1 Å². The van der Waals surface area contributed by atoms with Gasteiger partial charge in [-0.25, -0.2) is 0 Å². The number of ketones is 1. The fraction of sp³-hybridized carbons (Fsp3) is 0.562. The SMILES string of the molecule is C[C@@H](CC(=O)C1CCCC1)Cc1ccccc1. The Morgan fingerprint density at radius 2 is 1.88 bits per heavy atom. The van der Waals surface area contributed by atoms with Crippen molar-refractivity contribution in [2.24, 2.45) is 11.8 Å². The molecule has 17 heavy (non-hydrogen) atoms. The van der Waals surface area contributed by atoms with Crippen LogP contribution in [0.5, 0.6) is 0 Å². The zero-order valence-electron chi connectivity index (χ0n) is 10.7. The van der Waals surface area contributed by atoms with E-state index in [9.17, 15) is 4.79 Å². The average molecular weight is 230 g/mol. The first-order valence-corrected chi connectivity index (χ1v) is 6.82. The van der Waals surface area contributed by atoms with Crippen molar-refractivity contribution in [2.45, 2.75) is 45.4 Å². The molecule has 1 aliphatic carbocycles. The Bertz CT molecular complexity index is 349. The van der Waals surface area contributed by atoms with Gasteiger partial charge in [0.2, 0.25) is 0 Å². The molecule has 1 aromatic carbocycles. The van der Waals surface area contributed by atoms with Crippen molar-refractivity contribution in [2.75, 3.05) is 0 Å². The lowest BCUT2D eigenvalue weighted by Crippen LogP contribution is -2.15. The number of carbonyl (C=O) groups is 1. The van der Waals surface area contributed by atoms with Crippen molar-refractivity contribution in [3.8, 4) is 0 Å². The van der Waals surface area contributed by atoms with E-state index in [0.29, 0.717) is 17.6 Å². The molecule has 1 fully saturated rings. The molecule has 0 unspecified atom stereocenters. The number of rotatable bonds is 5. The number of Topliss-reactive ketones (excluding diaryl/α,β-unsaturated/α-hetero) is 1. The third kappa shape index (κ3) is 3.69. The molecule has 0 aliphatic heterocycles. The van der Waals surface area contributed by atoms with Crippen LogP contribution in [0.1, 0.15) is 44.6 Å². The second-order valence-electron chi connectivity index (χ2n) is 5.45. The number of hydrogen-bond acceptors (Lipinski definition) is 1. The Labute approximate surface area is 104 Å². The van der Waals surface area contributed by atoms with Gasteiger partial charge in [-0.15, -0.1) is 0 Å². The minimum absolute atomic E-state index is 0.383. The fourth-order valence-electron chi connectivity index (χ4n) is 2.85. The zero-order valence-corrected chi connectivity index (χ0v) is 10.7. The first-order valence-electron chi connectivity index (χ1n) is 6.82. The Kier molecular flexibility index (Phi) is 4.36. The van der Waals surface area contributed by atoms with E-state index in [1.54, 1.807) is 0 Å². The largest absolute Gasteiger partial charge is 0.299 e. The molecule has 1 nitrogen and oxygen atoms in total. The summed E-state index contributed by atoms with van der Waals surface area (Å²) in [6.07, 6.45) is 6.57. The van der Waals surface area contributed by atoms with Crippen LogP contribution in [0.2, 0.25) is 0 Å². The van der Waals surface area contributed by atoms with Gasteiger partial charge >= 0.3 is 0 Å². The van der Waals surface area contributed by atoms with E-state index in [0.717, 1.165) is 25.7 Å². The van der Waals surface area contributed by atoms with Crippen LogP contribution in [0, 0.1) is 11.8 Å². The van der Waals surface area contributed by atoms with Gasteiger partial charge in [0.05, 0.1) is 0 Å². The summed E-state index contributed by atoms with van der Waals surface area (Å²) < 4.78 is 0.